The Morgan fingerprint density at radius 1 is 1.33 bits per heavy atom. The third kappa shape index (κ3) is 2.84. The van der Waals surface area contributed by atoms with Crippen LogP contribution >= 0.6 is 27.3 Å². The number of aromatic nitrogens is 2. The standard InChI is InChI=1S/C16H13BrN2OS/c1-2-14-6-7-15(21-14)16-11(10-20)9-19(18-16)13-5-3-4-12(17)8-13/h3-10H,2H2,1H3. The van der Waals surface area contributed by atoms with Crippen LogP contribution in [0.25, 0.3) is 16.3 Å². The third-order valence-corrected chi connectivity index (χ3v) is 4.92. The third-order valence-electron chi connectivity index (χ3n) is 3.19. The van der Waals surface area contributed by atoms with Gasteiger partial charge in [-0.2, -0.15) is 5.10 Å². The monoisotopic (exact) mass is 360 g/mol. The zero-order valence-corrected chi connectivity index (χ0v) is 13.8. The second-order valence-corrected chi connectivity index (χ2v) is 6.68. The van der Waals surface area contributed by atoms with Gasteiger partial charge in [-0.1, -0.05) is 28.9 Å². The van der Waals surface area contributed by atoms with E-state index in [0.29, 0.717) is 5.56 Å². The van der Waals surface area contributed by atoms with Gasteiger partial charge in [0.2, 0.25) is 0 Å². The Kier molecular flexibility index (Phi) is 4.03. The number of hydrogen-bond acceptors (Lipinski definition) is 3. The molecule has 0 bridgehead atoms. The van der Waals surface area contributed by atoms with Crippen LogP contribution in [0.15, 0.2) is 47.1 Å². The van der Waals surface area contributed by atoms with Gasteiger partial charge < -0.3 is 0 Å². The van der Waals surface area contributed by atoms with Gasteiger partial charge in [-0.05, 0) is 36.8 Å². The average Bonchev–Trinajstić information content (AvgIpc) is 3.13. The smallest absolute Gasteiger partial charge is 0.153 e. The summed E-state index contributed by atoms with van der Waals surface area (Å²) in [6.45, 7) is 2.12. The molecule has 1 aromatic carbocycles. The molecule has 21 heavy (non-hydrogen) atoms. The highest BCUT2D eigenvalue weighted by molar-refractivity contribution is 9.10. The fourth-order valence-electron chi connectivity index (χ4n) is 2.11. The van der Waals surface area contributed by atoms with E-state index in [0.717, 1.165) is 33.4 Å². The minimum atomic E-state index is 0.611. The van der Waals surface area contributed by atoms with Gasteiger partial charge in [-0.25, -0.2) is 4.68 Å². The minimum Gasteiger partial charge on any atom is -0.298 e. The number of benzene rings is 1. The molecule has 3 rings (SSSR count). The Labute approximate surface area is 135 Å². The number of carbonyl (C=O) groups excluding carboxylic acids is 1. The first-order valence-corrected chi connectivity index (χ1v) is 8.22. The first kappa shape index (κ1) is 14.2. The molecule has 0 saturated carbocycles. The van der Waals surface area contributed by atoms with Crippen LogP contribution in [0, 0.1) is 0 Å². The van der Waals surface area contributed by atoms with Crippen LogP contribution in [-0.4, -0.2) is 16.1 Å². The molecule has 2 aromatic heterocycles. The molecule has 106 valence electrons. The first-order valence-electron chi connectivity index (χ1n) is 6.61. The quantitative estimate of drug-likeness (QED) is 0.629. The molecule has 0 saturated heterocycles. The van der Waals surface area contributed by atoms with Gasteiger partial charge in [-0.3, -0.25) is 4.79 Å². The van der Waals surface area contributed by atoms with E-state index in [1.54, 1.807) is 22.2 Å². The van der Waals surface area contributed by atoms with Gasteiger partial charge in [0.15, 0.2) is 6.29 Å². The summed E-state index contributed by atoms with van der Waals surface area (Å²) in [5, 5.41) is 4.59. The molecule has 0 aliphatic carbocycles. The van der Waals surface area contributed by atoms with E-state index in [2.05, 4.69) is 34.0 Å². The largest absolute Gasteiger partial charge is 0.298 e. The lowest BCUT2D eigenvalue weighted by Crippen LogP contribution is -1.94. The van der Waals surface area contributed by atoms with Gasteiger partial charge in [0, 0.05) is 15.5 Å². The molecule has 2 heterocycles. The molecule has 3 nitrogen and oxygen atoms in total. The lowest BCUT2D eigenvalue weighted by atomic mass is 10.2. The van der Waals surface area contributed by atoms with Gasteiger partial charge in [0.05, 0.1) is 16.1 Å². The lowest BCUT2D eigenvalue weighted by molar-refractivity contribution is 0.112. The number of aldehydes is 1. The van der Waals surface area contributed by atoms with Crippen molar-refractivity contribution in [1.82, 2.24) is 9.78 Å². The Balaban J connectivity index is 2.08. The van der Waals surface area contributed by atoms with Crippen molar-refractivity contribution in [3.8, 4) is 16.3 Å². The second kappa shape index (κ2) is 5.95. The van der Waals surface area contributed by atoms with Crippen LogP contribution in [0.2, 0.25) is 0 Å². The average molecular weight is 361 g/mol. The van der Waals surface area contributed by atoms with Gasteiger partial charge in [0.25, 0.3) is 0 Å². The van der Waals surface area contributed by atoms with Gasteiger partial charge >= 0.3 is 0 Å². The summed E-state index contributed by atoms with van der Waals surface area (Å²) in [6, 6.07) is 12.0. The second-order valence-electron chi connectivity index (χ2n) is 4.59. The van der Waals surface area contributed by atoms with Crippen molar-refractivity contribution in [1.29, 1.82) is 0 Å². The molecule has 0 fully saturated rings. The molecule has 0 N–H and O–H groups in total. The van der Waals surface area contributed by atoms with Gasteiger partial charge in [-0.15, -0.1) is 11.3 Å². The number of nitrogens with zero attached hydrogens (tertiary/aromatic N) is 2. The summed E-state index contributed by atoms with van der Waals surface area (Å²) in [5.41, 5.74) is 2.28. The molecule has 0 aliphatic rings. The number of aryl methyl sites for hydroxylation is 1. The van der Waals surface area contributed by atoms with Crippen molar-refractivity contribution >= 4 is 33.6 Å². The molecule has 0 unspecified atom stereocenters. The van der Waals surface area contributed by atoms with Crippen LogP contribution < -0.4 is 0 Å². The summed E-state index contributed by atoms with van der Waals surface area (Å²) in [7, 11) is 0. The molecule has 0 spiro atoms. The minimum absolute atomic E-state index is 0.611. The lowest BCUT2D eigenvalue weighted by Gasteiger charge is -2.01. The Morgan fingerprint density at radius 3 is 2.86 bits per heavy atom. The molecule has 5 heteroatoms. The van der Waals surface area contributed by atoms with Gasteiger partial charge in [0.1, 0.15) is 5.69 Å². The zero-order valence-electron chi connectivity index (χ0n) is 11.4. The van der Waals surface area contributed by atoms with Crippen LogP contribution in [0.1, 0.15) is 22.2 Å². The number of rotatable bonds is 4. The number of carbonyl (C=O) groups is 1. The molecule has 0 radical (unpaired) electrons. The van der Waals surface area contributed by atoms with Crippen LogP contribution in [0.5, 0.6) is 0 Å². The fourth-order valence-corrected chi connectivity index (χ4v) is 3.45. The van der Waals surface area contributed by atoms with E-state index in [1.165, 1.54) is 4.88 Å². The van der Waals surface area contributed by atoms with E-state index >= 15 is 0 Å². The van der Waals surface area contributed by atoms with Crippen LogP contribution in [-0.2, 0) is 6.42 Å². The van der Waals surface area contributed by atoms with Crippen molar-refractivity contribution in [2.24, 2.45) is 0 Å². The van der Waals surface area contributed by atoms with E-state index in [4.69, 9.17) is 0 Å². The maximum atomic E-state index is 11.3. The Bertz CT molecular complexity index is 791. The van der Waals surface area contributed by atoms with E-state index in [9.17, 15) is 4.79 Å². The normalized spacial score (nSPS) is 10.8. The van der Waals surface area contributed by atoms with Crippen molar-refractivity contribution in [2.75, 3.05) is 0 Å². The van der Waals surface area contributed by atoms with Crippen LogP contribution in [0.4, 0.5) is 0 Å². The van der Waals surface area contributed by atoms with Crippen LogP contribution in [0.3, 0.4) is 0 Å². The Morgan fingerprint density at radius 2 is 2.19 bits per heavy atom. The van der Waals surface area contributed by atoms with E-state index in [1.807, 2.05) is 30.3 Å². The highest BCUT2D eigenvalue weighted by Crippen LogP contribution is 2.30. The van der Waals surface area contributed by atoms with Crippen molar-refractivity contribution in [3.63, 3.8) is 0 Å². The van der Waals surface area contributed by atoms with Crippen molar-refractivity contribution in [2.45, 2.75) is 13.3 Å². The fraction of sp³-hybridized carbons (Fsp3) is 0.125. The summed E-state index contributed by atoms with van der Waals surface area (Å²) in [5.74, 6) is 0. The SMILES string of the molecule is CCc1ccc(-c2nn(-c3cccc(Br)c3)cc2C=O)s1. The topological polar surface area (TPSA) is 34.9 Å². The molecule has 0 amide bonds. The highest BCUT2D eigenvalue weighted by Gasteiger charge is 2.13. The van der Waals surface area contributed by atoms with E-state index in [-0.39, 0.29) is 0 Å². The molecular weight excluding hydrogens is 348 g/mol. The maximum absolute atomic E-state index is 11.3. The Hall–Kier alpha value is -1.72. The number of halogens is 1. The highest BCUT2D eigenvalue weighted by atomic mass is 79.9. The maximum Gasteiger partial charge on any atom is 0.153 e. The molecule has 3 aromatic rings. The summed E-state index contributed by atoms with van der Waals surface area (Å²) in [6.07, 6.45) is 3.63. The zero-order chi connectivity index (χ0) is 14.8. The summed E-state index contributed by atoms with van der Waals surface area (Å²) >= 11 is 5.13. The summed E-state index contributed by atoms with van der Waals surface area (Å²) in [4.78, 5) is 13.7. The summed E-state index contributed by atoms with van der Waals surface area (Å²) < 4.78 is 2.73. The molecule has 0 atom stereocenters. The molecular formula is C16H13BrN2OS. The van der Waals surface area contributed by atoms with Crippen molar-refractivity contribution < 1.29 is 4.79 Å². The number of thiophene rings is 1. The van der Waals surface area contributed by atoms with Crippen molar-refractivity contribution in [3.05, 3.63) is 57.5 Å². The predicted molar refractivity (Wildman–Crippen MR) is 89.3 cm³/mol. The number of hydrogen-bond donors (Lipinski definition) is 0. The van der Waals surface area contributed by atoms with E-state index < -0.39 is 0 Å². The molecule has 0 aliphatic heterocycles. The first-order chi connectivity index (χ1) is 10.2. The predicted octanol–water partition coefficient (Wildman–Crippen LogP) is 4.74.